The van der Waals surface area contributed by atoms with E-state index in [0.717, 1.165) is 66.6 Å². The normalized spacial score (nSPS) is 22.2. The number of fused-ring (bicyclic) bond motifs is 2. The van der Waals surface area contributed by atoms with Gasteiger partial charge in [0.1, 0.15) is 0 Å². The molecule has 39 heavy (non-hydrogen) atoms. The third-order valence-electron chi connectivity index (χ3n) is 8.39. The number of nitrogens with zero attached hydrogens (tertiary/aromatic N) is 3. The number of carbonyl (C=O) groups excluding carboxylic acids is 2. The summed E-state index contributed by atoms with van der Waals surface area (Å²) in [5, 5.41) is 3.61. The van der Waals surface area contributed by atoms with Crippen molar-refractivity contribution in [2.24, 2.45) is 5.41 Å². The van der Waals surface area contributed by atoms with Gasteiger partial charge in [0.05, 0.1) is 24.0 Å². The molecule has 1 N–H and O–H groups in total. The Balaban J connectivity index is 1.16. The molecule has 206 valence electrons. The van der Waals surface area contributed by atoms with Crippen LogP contribution in [0.1, 0.15) is 45.6 Å². The van der Waals surface area contributed by atoms with Gasteiger partial charge < -0.3 is 24.6 Å². The van der Waals surface area contributed by atoms with Crippen LogP contribution in [0.2, 0.25) is 0 Å². The fourth-order valence-electron chi connectivity index (χ4n) is 6.47. The smallest absolute Gasteiger partial charge is 0.242 e. The Kier molecular flexibility index (Phi) is 6.75. The van der Waals surface area contributed by atoms with Crippen molar-refractivity contribution in [3.8, 4) is 11.5 Å². The second-order valence-corrected chi connectivity index (χ2v) is 11.9. The summed E-state index contributed by atoms with van der Waals surface area (Å²) in [6.07, 6.45) is 2.12. The van der Waals surface area contributed by atoms with Gasteiger partial charge in [0.25, 0.3) is 0 Å². The van der Waals surface area contributed by atoms with Crippen LogP contribution in [0.4, 0.5) is 11.4 Å². The van der Waals surface area contributed by atoms with Crippen LogP contribution < -0.4 is 19.7 Å². The Hall–Kier alpha value is -3.52. The van der Waals surface area contributed by atoms with E-state index in [4.69, 9.17) is 9.47 Å². The first-order valence-electron chi connectivity index (χ1n) is 14.1. The summed E-state index contributed by atoms with van der Waals surface area (Å²) >= 11 is 0. The van der Waals surface area contributed by atoms with Crippen molar-refractivity contribution < 1.29 is 19.1 Å². The van der Waals surface area contributed by atoms with Gasteiger partial charge in [0.2, 0.25) is 12.7 Å². The average Bonchev–Trinajstić information content (AvgIpc) is 3.33. The van der Waals surface area contributed by atoms with Gasteiger partial charge in [-0.1, -0.05) is 39.0 Å². The van der Waals surface area contributed by atoms with Crippen molar-refractivity contribution in [3.63, 3.8) is 0 Å². The van der Waals surface area contributed by atoms with Crippen molar-refractivity contribution in [2.75, 3.05) is 49.7 Å². The number of anilines is 2. The second-order valence-electron chi connectivity index (χ2n) is 11.9. The van der Waals surface area contributed by atoms with Gasteiger partial charge >= 0.3 is 0 Å². The Bertz CT molecular complexity index is 1310. The van der Waals surface area contributed by atoms with Crippen LogP contribution in [0.5, 0.6) is 11.5 Å². The van der Waals surface area contributed by atoms with Gasteiger partial charge in [-0.25, -0.2) is 0 Å². The maximum Gasteiger partial charge on any atom is 0.242 e. The van der Waals surface area contributed by atoms with Crippen molar-refractivity contribution in [1.29, 1.82) is 0 Å². The van der Waals surface area contributed by atoms with Gasteiger partial charge in [-0.05, 0) is 48.1 Å². The SMILES string of the molecule is CCC1C2=C(CC(C)(C)CC2=O)Nc2ccccc2N1CC(=O)N1CCN(Cc2ccc3c(c2)OCO3)CC1. The molecule has 1 amide bonds. The molecule has 1 saturated heterocycles. The molecule has 3 heterocycles. The molecule has 1 fully saturated rings. The van der Waals surface area contributed by atoms with E-state index >= 15 is 0 Å². The van der Waals surface area contributed by atoms with E-state index in [1.807, 2.05) is 29.2 Å². The Morgan fingerprint density at radius 3 is 2.59 bits per heavy atom. The monoisotopic (exact) mass is 530 g/mol. The van der Waals surface area contributed by atoms with Crippen molar-refractivity contribution in [2.45, 2.75) is 52.6 Å². The molecule has 0 spiro atoms. The summed E-state index contributed by atoms with van der Waals surface area (Å²) in [5.74, 6) is 1.91. The lowest BCUT2D eigenvalue weighted by molar-refractivity contribution is -0.131. The lowest BCUT2D eigenvalue weighted by atomic mass is 9.74. The van der Waals surface area contributed by atoms with Crippen molar-refractivity contribution in [1.82, 2.24) is 9.80 Å². The summed E-state index contributed by atoms with van der Waals surface area (Å²) in [5.41, 5.74) is 4.92. The number of rotatable bonds is 5. The van der Waals surface area contributed by atoms with E-state index in [0.29, 0.717) is 19.5 Å². The zero-order chi connectivity index (χ0) is 27.1. The molecule has 1 unspecified atom stereocenters. The maximum absolute atomic E-state index is 13.7. The number of benzene rings is 2. The van der Waals surface area contributed by atoms with E-state index in [9.17, 15) is 9.59 Å². The van der Waals surface area contributed by atoms with Gasteiger partial charge in [0, 0.05) is 50.4 Å². The molecule has 4 aliphatic rings. The van der Waals surface area contributed by atoms with E-state index in [2.05, 4.69) is 54.1 Å². The van der Waals surface area contributed by atoms with Crippen LogP contribution in [0.15, 0.2) is 53.7 Å². The van der Waals surface area contributed by atoms with E-state index < -0.39 is 0 Å². The van der Waals surface area contributed by atoms with Gasteiger partial charge in [-0.3, -0.25) is 14.5 Å². The zero-order valence-electron chi connectivity index (χ0n) is 23.2. The second kappa shape index (κ2) is 10.2. The molecule has 2 aromatic carbocycles. The Labute approximate surface area is 230 Å². The highest BCUT2D eigenvalue weighted by Crippen LogP contribution is 2.44. The molecule has 1 atom stereocenters. The number of Topliss-reactive ketones (excluding diaryl/α,β-unsaturated/α-hetero) is 1. The number of hydrogen-bond acceptors (Lipinski definition) is 7. The molecule has 8 heteroatoms. The van der Waals surface area contributed by atoms with Crippen molar-refractivity contribution in [3.05, 3.63) is 59.3 Å². The van der Waals surface area contributed by atoms with Crippen LogP contribution in [-0.2, 0) is 16.1 Å². The maximum atomic E-state index is 13.7. The fraction of sp³-hybridized carbons (Fsp3) is 0.484. The van der Waals surface area contributed by atoms with Crippen LogP contribution in [0.25, 0.3) is 0 Å². The minimum atomic E-state index is -0.129. The highest BCUT2D eigenvalue weighted by Gasteiger charge is 2.41. The molecule has 0 aromatic heterocycles. The third kappa shape index (κ3) is 5.10. The minimum Gasteiger partial charge on any atom is -0.454 e. The van der Waals surface area contributed by atoms with Crippen LogP contribution in [0.3, 0.4) is 0 Å². The number of hydrogen-bond donors (Lipinski definition) is 1. The standard InChI is InChI=1S/C31H38N4O4/c1-4-24-30-23(16-31(2,3)17-26(30)36)32-22-7-5-6-8-25(22)35(24)19-29(37)34-13-11-33(12-14-34)18-21-9-10-27-28(15-21)39-20-38-27/h5-10,15,24,32H,4,11-14,16-20H2,1-3H3. The van der Waals surface area contributed by atoms with Gasteiger partial charge in [-0.15, -0.1) is 0 Å². The fourth-order valence-corrected chi connectivity index (χ4v) is 6.47. The zero-order valence-corrected chi connectivity index (χ0v) is 23.2. The predicted octanol–water partition coefficient (Wildman–Crippen LogP) is 4.41. The summed E-state index contributed by atoms with van der Waals surface area (Å²) in [6.45, 7) is 10.8. The molecule has 2 aromatic rings. The Morgan fingerprint density at radius 1 is 1.03 bits per heavy atom. The lowest BCUT2D eigenvalue weighted by Crippen LogP contribution is -2.52. The molecule has 1 aliphatic carbocycles. The number of para-hydroxylation sites is 2. The number of nitrogens with one attached hydrogen (secondary N) is 1. The lowest BCUT2D eigenvalue weighted by Gasteiger charge is -2.39. The average molecular weight is 531 g/mol. The first-order chi connectivity index (χ1) is 18.8. The molecule has 0 saturated carbocycles. The number of piperazine rings is 1. The van der Waals surface area contributed by atoms with Crippen LogP contribution >= 0.6 is 0 Å². The molecule has 8 nitrogen and oxygen atoms in total. The largest absolute Gasteiger partial charge is 0.454 e. The van der Waals surface area contributed by atoms with Crippen LogP contribution in [-0.4, -0.2) is 67.0 Å². The van der Waals surface area contributed by atoms with E-state index in [-0.39, 0.29) is 36.5 Å². The number of allylic oxidation sites excluding steroid dienone is 1. The highest BCUT2D eigenvalue weighted by molar-refractivity contribution is 6.01. The molecular weight excluding hydrogens is 492 g/mol. The molecule has 6 rings (SSSR count). The number of amides is 1. The van der Waals surface area contributed by atoms with Crippen LogP contribution in [0, 0.1) is 5.41 Å². The topological polar surface area (TPSA) is 74.4 Å². The van der Waals surface area contributed by atoms with E-state index in [1.54, 1.807) is 0 Å². The molecule has 0 bridgehead atoms. The number of carbonyl (C=O) groups is 2. The molecule has 0 radical (unpaired) electrons. The van der Waals surface area contributed by atoms with Gasteiger partial charge in [0.15, 0.2) is 17.3 Å². The molecular formula is C31H38N4O4. The highest BCUT2D eigenvalue weighted by atomic mass is 16.7. The third-order valence-corrected chi connectivity index (χ3v) is 8.39. The first kappa shape index (κ1) is 25.7. The minimum absolute atomic E-state index is 0.0819. The van der Waals surface area contributed by atoms with E-state index in [1.165, 1.54) is 5.56 Å². The quantitative estimate of drug-likeness (QED) is 0.614. The number of ether oxygens (including phenoxy) is 2. The Morgan fingerprint density at radius 2 is 1.79 bits per heavy atom. The predicted molar refractivity (Wildman–Crippen MR) is 151 cm³/mol. The number of ketones is 1. The molecule has 3 aliphatic heterocycles. The summed E-state index contributed by atoms with van der Waals surface area (Å²) < 4.78 is 10.9. The summed E-state index contributed by atoms with van der Waals surface area (Å²) in [7, 11) is 0. The van der Waals surface area contributed by atoms with Gasteiger partial charge in [-0.2, -0.15) is 0 Å². The first-order valence-corrected chi connectivity index (χ1v) is 14.1. The summed E-state index contributed by atoms with van der Waals surface area (Å²) in [6, 6.07) is 14.1. The van der Waals surface area contributed by atoms with Crippen molar-refractivity contribution >= 4 is 23.1 Å². The summed E-state index contributed by atoms with van der Waals surface area (Å²) in [4.78, 5) is 33.7.